The summed E-state index contributed by atoms with van der Waals surface area (Å²) in [5.41, 5.74) is 5.17. The van der Waals surface area contributed by atoms with Crippen LogP contribution in [0.1, 0.15) is 60.4 Å². The molecule has 0 radical (unpaired) electrons. The summed E-state index contributed by atoms with van der Waals surface area (Å²) in [6.45, 7) is 8.63. The summed E-state index contributed by atoms with van der Waals surface area (Å²) < 4.78 is 41.5. The highest BCUT2D eigenvalue weighted by molar-refractivity contribution is 7.89. The number of hydrogen-bond acceptors (Lipinski definition) is 5. The number of rotatable bonds is 8. The number of carbonyl (C=O) groups excluding carboxylic acids is 2. The van der Waals surface area contributed by atoms with E-state index < -0.39 is 28.1 Å². The molecule has 10 heteroatoms. The van der Waals surface area contributed by atoms with Crippen LogP contribution in [0.4, 0.5) is 4.39 Å². The van der Waals surface area contributed by atoms with Crippen molar-refractivity contribution >= 4 is 27.4 Å². The van der Waals surface area contributed by atoms with Gasteiger partial charge in [-0.25, -0.2) is 12.8 Å². The molecule has 2 amide bonds. The summed E-state index contributed by atoms with van der Waals surface area (Å²) in [4.78, 5) is 28.4. The number of alkyl halides is 1. The zero-order valence-corrected chi connectivity index (χ0v) is 24.4. The number of piperidine rings is 1. The Morgan fingerprint density at radius 2 is 1.83 bits per heavy atom. The largest absolute Gasteiger partial charge is 0.353 e. The molecule has 0 bridgehead atoms. The zero-order chi connectivity index (χ0) is 29.1. The Hall–Kier alpha value is -3.08. The molecule has 2 aliphatic heterocycles. The van der Waals surface area contributed by atoms with Crippen LogP contribution >= 0.6 is 0 Å². The molecule has 2 aromatic carbocycles. The second-order valence-electron chi connectivity index (χ2n) is 11.4. The molecule has 3 aliphatic rings. The van der Waals surface area contributed by atoms with Crippen LogP contribution in [-0.4, -0.2) is 74.4 Å². The van der Waals surface area contributed by atoms with E-state index in [4.69, 9.17) is 0 Å². The average molecular weight is 583 g/mol. The third-order valence-corrected chi connectivity index (χ3v) is 10.3. The lowest BCUT2D eigenvalue weighted by Gasteiger charge is -2.34. The first kappa shape index (κ1) is 29.4. The maximum Gasteiger partial charge on any atom is 0.243 e. The number of amides is 2. The van der Waals surface area contributed by atoms with Crippen LogP contribution in [0.5, 0.6) is 0 Å². The zero-order valence-electron chi connectivity index (χ0n) is 23.6. The molecule has 0 saturated carbocycles. The molecule has 2 saturated heterocycles. The van der Waals surface area contributed by atoms with Crippen molar-refractivity contribution in [1.82, 2.24) is 19.8 Å². The van der Waals surface area contributed by atoms with Crippen molar-refractivity contribution in [2.75, 3.05) is 32.7 Å². The normalized spacial score (nSPS) is 22.5. The SMILES string of the molecule is C=C(CN1CCC(F)CC1)c1ccc2c(c1)CCC[C@H]2NC(=O)C[C@@H]1C(=O)NCCN1S(=O)(=O)c1ccc(C)cc1. The van der Waals surface area contributed by atoms with E-state index in [-0.39, 0.29) is 36.4 Å². The highest BCUT2D eigenvalue weighted by Gasteiger charge is 2.40. The van der Waals surface area contributed by atoms with Crippen molar-refractivity contribution in [2.24, 2.45) is 0 Å². The number of carbonyl (C=O) groups is 2. The number of nitrogens with zero attached hydrogens (tertiary/aromatic N) is 2. The molecular weight excluding hydrogens is 543 g/mol. The van der Waals surface area contributed by atoms with E-state index in [2.05, 4.69) is 28.2 Å². The highest BCUT2D eigenvalue weighted by atomic mass is 32.2. The van der Waals surface area contributed by atoms with Crippen molar-refractivity contribution < 1.29 is 22.4 Å². The maximum absolute atomic E-state index is 13.5. The summed E-state index contributed by atoms with van der Waals surface area (Å²) in [5, 5.41) is 5.79. The molecule has 5 rings (SSSR count). The minimum atomic E-state index is -3.95. The molecule has 2 fully saturated rings. The molecule has 1 aliphatic carbocycles. The lowest BCUT2D eigenvalue weighted by Crippen LogP contribution is -2.58. The lowest BCUT2D eigenvalue weighted by atomic mass is 9.85. The molecule has 220 valence electrons. The third-order valence-electron chi connectivity index (χ3n) is 8.42. The van der Waals surface area contributed by atoms with Crippen LogP contribution in [-0.2, 0) is 26.0 Å². The van der Waals surface area contributed by atoms with Gasteiger partial charge in [-0.15, -0.1) is 0 Å². The Morgan fingerprint density at radius 1 is 1.10 bits per heavy atom. The number of fused-ring (bicyclic) bond motifs is 1. The van der Waals surface area contributed by atoms with Crippen molar-refractivity contribution in [3.8, 4) is 0 Å². The quantitative estimate of drug-likeness (QED) is 0.497. The van der Waals surface area contributed by atoms with Gasteiger partial charge < -0.3 is 10.6 Å². The van der Waals surface area contributed by atoms with Crippen molar-refractivity contribution in [1.29, 1.82) is 0 Å². The monoisotopic (exact) mass is 582 g/mol. The number of aryl methyl sites for hydroxylation is 2. The fourth-order valence-electron chi connectivity index (χ4n) is 6.06. The van der Waals surface area contributed by atoms with E-state index >= 15 is 0 Å². The van der Waals surface area contributed by atoms with Gasteiger partial charge in [-0.05, 0) is 73.4 Å². The van der Waals surface area contributed by atoms with E-state index in [1.807, 2.05) is 19.1 Å². The van der Waals surface area contributed by atoms with Crippen LogP contribution in [0.25, 0.3) is 5.57 Å². The van der Waals surface area contributed by atoms with Crippen molar-refractivity contribution in [3.63, 3.8) is 0 Å². The number of likely N-dealkylation sites (tertiary alicyclic amines) is 1. The van der Waals surface area contributed by atoms with Crippen LogP contribution in [0.15, 0.2) is 53.9 Å². The first-order chi connectivity index (χ1) is 19.6. The molecule has 41 heavy (non-hydrogen) atoms. The molecule has 8 nitrogen and oxygen atoms in total. The number of hydrogen-bond donors (Lipinski definition) is 2. The van der Waals surface area contributed by atoms with Crippen LogP contribution in [0.2, 0.25) is 0 Å². The van der Waals surface area contributed by atoms with E-state index in [0.717, 1.165) is 64.5 Å². The smallest absolute Gasteiger partial charge is 0.243 e. The molecule has 2 N–H and O–H groups in total. The fourth-order valence-corrected chi connectivity index (χ4v) is 7.64. The number of benzene rings is 2. The molecular formula is C31H39FN4O4S. The van der Waals surface area contributed by atoms with Gasteiger partial charge in [0.1, 0.15) is 12.2 Å². The Morgan fingerprint density at radius 3 is 2.56 bits per heavy atom. The van der Waals surface area contributed by atoms with Gasteiger partial charge in [0.15, 0.2) is 0 Å². The third kappa shape index (κ3) is 6.71. The molecule has 0 spiro atoms. The predicted octanol–water partition coefficient (Wildman–Crippen LogP) is 3.52. The van der Waals surface area contributed by atoms with Gasteiger partial charge >= 0.3 is 0 Å². The van der Waals surface area contributed by atoms with Gasteiger partial charge in [0.05, 0.1) is 17.4 Å². The summed E-state index contributed by atoms with van der Waals surface area (Å²) in [6.07, 6.45) is 2.73. The van der Waals surface area contributed by atoms with Crippen LogP contribution < -0.4 is 10.6 Å². The van der Waals surface area contributed by atoms with Gasteiger partial charge in [-0.2, -0.15) is 4.31 Å². The van der Waals surface area contributed by atoms with Crippen molar-refractivity contribution in [2.45, 2.75) is 68.6 Å². The topological polar surface area (TPSA) is 98.8 Å². The lowest BCUT2D eigenvalue weighted by molar-refractivity contribution is -0.132. The predicted molar refractivity (Wildman–Crippen MR) is 156 cm³/mol. The second kappa shape index (κ2) is 12.4. The van der Waals surface area contributed by atoms with Crippen molar-refractivity contribution in [3.05, 3.63) is 71.3 Å². The standard InChI is InChI=1S/C31H39FN4O4S/c1-21-6-9-26(10-7-21)41(39,40)36-17-14-33-31(38)29(36)19-30(37)34-28-5-3-4-24-18-23(8-11-27(24)28)22(2)20-35-15-12-25(32)13-16-35/h6-11,18,25,28-29H,2-5,12-17,19-20H2,1H3,(H,33,38)(H,34,37)/t28-,29-/m1/s1. The van der Waals surface area contributed by atoms with Crippen LogP contribution in [0, 0.1) is 6.92 Å². The van der Waals surface area contributed by atoms with Gasteiger partial charge in [-0.3, -0.25) is 14.5 Å². The maximum atomic E-state index is 13.5. The Balaban J connectivity index is 1.25. The average Bonchev–Trinajstić information content (AvgIpc) is 2.95. The molecule has 2 aromatic rings. The Bertz CT molecular complexity index is 1400. The van der Waals surface area contributed by atoms with Gasteiger partial charge in [0, 0.05) is 32.7 Å². The minimum Gasteiger partial charge on any atom is -0.353 e. The summed E-state index contributed by atoms with van der Waals surface area (Å²) in [6, 6.07) is 11.4. The Kier molecular flexibility index (Phi) is 8.91. The number of nitrogens with one attached hydrogen (secondary N) is 2. The molecule has 2 heterocycles. The molecule has 2 atom stereocenters. The van der Waals surface area contributed by atoms with E-state index in [9.17, 15) is 22.4 Å². The number of sulfonamides is 1. The summed E-state index contributed by atoms with van der Waals surface area (Å²) in [7, 11) is -3.95. The van der Waals surface area contributed by atoms with E-state index in [1.165, 1.54) is 12.1 Å². The Labute approximate surface area is 242 Å². The first-order valence-electron chi connectivity index (χ1n) is 14.4. The van der Waals surface area contributed by atoms with E-state index in [1.54, 1.807) is 12.1 Å². The van der Waals surface area contributed by atoms with Gasteiger partial charge in [0.2, 0.25) is 21.8 Å². The summed E-state index contributed by atoms with van der Waals surface area (Å²) in [5.74, 6) is -0.830. The minimum absolute atomic E-state index is 0.102. The second-order valence-corrected chi connectivity index (χ2v) is 13.3. The van der Waals surface area contributed by atoms with Gasteiger partial charge in [0.25, 0.3) is 0 Å². The summed E-state index contributed by atoms with van der Waals surface area (Å²) >= 11 is 0. The highest BCUT2D eigenvalue weighted by Crippen LogP contribution is 2.32. The first-order valence-corrected chi connectivity index (χ1v) is 15.9. The fraction of sp³-hybridized carbons (Fsp3) is 0.484. The van der Waals surface area contributed by atoms with Gasteiger partial charge in [-0.1, -0.05) is 42.5 Å². The number of halogens is 1. The van der Waals surface area contributed by atoms with Crippen LogP contribution in [0.3, 0.4) is 0 Å². The number of piperazine rings is 1. The molecule has 0 aromatic heterocycles. The van der Waals surface area contributed by atoms with E-state index in [0.29, 0.717) is 19.4 Å². The molecule has 0 unspecified atom stereocenters.